The Kier molecular flexibility index (Phi) is 8.65. The number of hydrogen-bond donors (Lipinski definition) is 2. The number of rotatable bonds is 6. The summed E-state index contributed by atoms with van der Waals surface area (Å²) in [6, 6.07) is 27.1. The second-order valence-electron chi connectivity index (χ2n) is 7.37. The number of aromatic nitrogens is 3. The van der Waals surface area contributed by atoms with E-state index < -0.39 is 5.91 Å². The molecule has 1 aromatic heterocycles. The molecule has 0 saturated carbocycles. The minimum absolute atomic E-state index is 0.0443. The first-order chi connectivity index (χ1) is 16.5. The lowest BCUT2D eigenvalue weighted by molar-refractivity contribution is 0.0945. The molecule has 0 radical (unpaired) electrons. The van der Waals surface area contributed by atoms with Gasteiger partial charge in [-0.2, -0.15) is 5.10 Å². The van der Waals surface area contributed by atoms with Crippen molar-refractivity contribution in [3.8, 4) is 17.1 Å². The van der Waals surface area contributed by atoms with Crippen LogP contribution in [0.2, 0.25) is 0 Å². The first-order valence-electron chi connectivity index (χ1n) is 10.8. The van der Waals surface area contributed by atoms with Crippen molar-refractivity contribution in [1.82, 2.24) is 20.2 Å². The summed E-state index contributed by atoms with van der Waals surface area (Å²) in [6.45, 7) is 1.93. The van der Waals surface area contributed by atoms with Crippen LogP contribution in [0.15, 0.2) is 90.0 Å². The molecular weight excluding hydrogens is 428 g/mol. The lowest BCUT2D eigenvalue weighted by atomic mass is 10.2. The van der Waals surface area contributed by atoms with Crippen LogP contribution in [0, 0.1) is 0 Å². The fourth-order valence-electron chi connectivity index (χ4n) is 3.01. The normalized spacial score (nSPS) is 10.5. The molecule has 4 rings (SSSR count). The summed E-state index contributed by atoms with van der Waals surface area (Å²) in [7, 11) is 3.96. The third-order valence-electron chi connectivity index (χ3n) is 4.63. The van der Waals surface area contributed by atoms with Crippen LogP contribution in [0.5, 0.6) is 0 Å². The van der Waals surface area contributed by atoms with E-state index in [1.54, 1.807) is 17.8 Å². The summed E-state index contributed by atoms with van der Waals surface area (Å²) in [4.78, 5) is 19.1. The Bertz CT molecular complexity index is 1150. The molecule has 4 aromatic rings. The standard InChI is InChI=1S/C24H22N6O.C2H6O/c1-29(2)20-15-13-18(14-16-20)17-25-27-24(31)22-26-23(19-9-5-3-6-10-19)30(28-22)21-11-7-4-8-12-21;1-2-3/h3-17H,1-2H3,(H,27,31);3H,2H2,1H3/b25-17+;. The summed E-state index contributed by atoms with van der Waals surface area (Å²) in [5.74, 6) is 0.149. The zero-order valence-electron chi connectivity index (χ0n) is 19.5. The molecule has 0 aliphatic rings. The lowest BCUT2D eigenvalue weighted by Gasteiger charge is -2.11. The highest BCUT2D eigenvalue weighted by Gasteiger charge is 2.18. The largest absolute Gasteiger partial charge is 0.397 e. The molecule has 8 nitrogen and oxygen atoms in total. The molecule has 0 spiro atoms. The molecule has 0 bridgehead atoms. The number of hydrogen-bond acceptors (Lipinski definition) is 6. The molecule has 0 fully saturated rings. The Balaban J connectivity index is 0.00000103. The number of carbonyl (C=O) groups is 1. The maximum atomic E-state index is 12.6. The third kappa shape index (κ3) is 6.36. The van der Waals surface area contributed by atoms with Gasteiger partial charge >= 0.3 is 5.91 Å². The summed E-state index contributed by atoms with van der Waals surface area (Å²) in [5, 5.41) is 16.0. The molecule has 8 heteroatoms. The van der Waals surface area contributed by atoms with Gasteiger partial charge in [0.1, 0.15) is 0 Å². The fourth-order valence-corrected chi connectivity index (χ4v) is 3.01. The molecule has 0 atom stereocenters. The second kappa shape index (κ2) is 12.1. The van der Waals surface area contributed by atoms with Crippen LogP contribution in [-0.2, 0) is 0 Å². The van der Waals surface area contributed by atoms with Gasteiger partial charge in [-0.25, -0.2) is 15.1 Å². The highest BCUT2D eigenvalue weighted by molar-refractivity contribution is 5.92. The van der Waals surface area contributed by atoms with Crippen molar-refractivity contribution in [3.05, 3.63) is 96.3 Å². The number of nitrogens with zero attached hydrogens (tertiary/aromatic N) is 5. The van der Waals surface area contributed by atoms with E-state index in [0.29, 0.717) is 5.82 Å². The van der Waals surface area contributed by atoms with Gasteiger partial charge in [0.2, 0.25) is 5.82 Å². The van der Waals surface area contributed by atoms with E-state index in [9.17, 15) is 4.79 Å². The van der Waals surface area contributed by atoms with Gasteiger partial charge < -0.3 is 10.0 Å². The average Bonchev–Trinajstić information content (AvgIpc) is 3.32. The quantitative estimate of drug-likeness (QED) is 0.340. The van der Waals surface area contributed by atoms with Crippen LogP contribution in [0.25, 0.3) is 17.1 Å². The molecule has 2 N–H and O–H groups in total. The molecule has 0 aliphatic carbocycles. The van der Waals surface area contributed by atoms with Crippen molar-refractivity contribution >= 4 is 17.8 Å². The van der Waals surface area contributed by atoms with E-state index in [1.165, 1.54) is 0 Å². The second-order valence-corrected chi connectivity index (χ2v) is 7.37. The Morgan fingerprint density at radius 1 is 1.00 bits per heavy atom. The predicted octanol–water partition coefficient (Wildman–Crippen LogP) is 3.76. The summed E-state index contributed by atoms with van der Waals surface area (Å²) in [6.07, 6.45) is 1.59. The number of amides is 1. The van der Waals surface area contributed by atoms with Crippen molar-refractivity contribution in [3.63, 3.8) is 0 Å². The Hall–Kier alpha value is -4.30. The molecule has 1 amide bonds. The van der Waals surface area contributed by atoms with E-state index in [2.05, 4.69) is 20.6 Å². The van der Waals surface area contributed by atoms with Gasteiger partial charge in [0.05, 0.1) is 11.9 Å². The van der Waals surface area contributed by atoms with Gasteiger partial charge in [-0.15, -0.1) is 5.10 Å². The summed E-state index contributed by atoms with van der Waals surface area (Å²) in [5.41, 5.74) is 6.15. The molecule has 0 saturated heterocycles. The number of carbonyl (C=O) groups excluding carboxylic acids is 1. The van der Waals surface area contributed by atoms with E-state index >= 15 is 0 Å². The van der Waals surface area contributed by atoms with Crippen molar-refractivity contribution in [2.75, 3.05) is 25.6 Å². The lowest BCUT2D eigenvalue weighted by Crippen LogP contribution is -2.19. The first-order valence-corrected chi connectivity index (χ1v) is 10.8. The zero-order valence-corrected chi connectivity index (χ0v) is 19.5. The van der Waals surface area contributed by atoms with Crippen LogP contribution in [0.1, 0.15) is 23.1 Å². The Morgan fingerprint density at radius 2 is 1.59 bits per heavy atom. The highest BCUT2D eigenvalue weighted by atomic mass is 16.2. The number of aliphatic hydroxyl groups excluding tert-OH is 1. The van der Waals surface area contributed by atoms with Gasteiger partial charge in [0.15, 0.2) is 5.82 Å². The fraction of sp³-hybridized carbons (Fsp3) is 0.154. The van der Waals surface area contributed by atoms with E-state index in [4.69, 9.17) is 5.11 Å². The highest BCUT2D eigenvalue weighted by Crippen LogP contribution is 2.21. The number of benzene rings is 3. The Labute approximate surface area is 199 Å². The monoisotopic (exact) mass is 456 g/mol. The minimum atomic E-state index is -0.479. The van der Waals surface area contributed by atoms with Gasteiger partial charge in [-0.05, 0) is 36.8 Å². The van der Waals surface area contributed by atoms with E-state index in [0.717, 1.165) is 22.5 Å². The number of hydrazone groups is 1. The summed E-state index contributed by atoms with van der Waals surface area (Å²) < 4.78 is 1.66. The van der Waals surface area contributed by atoms with Crippen molar-refractivity contribution < 1.29 is 9.90 Å². The van der Waals surface area contributed by atoms with Crippen LogP contribution in [0.4, 0.5) is 5.69 Å². The maximum absolute atomic E-state index is 12.6. The van der Waals surface area contributed by atoms with Crippen molar-refractivity contribution in [2.45, 2.75) is 6.92 Å². The van der Waals surface area contributed by atoms with Crippen molar-refractivity contribution in [2.24, 2.45) is 5.10 Å². The number of nitrogens with one attached hydrogen (secondary N) is 1. The van der Waals surface area contributed by atoms with E-state index in [-0.39, 0.29) is 12.4 Å². The smallest absolute Gasteiger partial charge is 0.311 e. The van der Waals surface area contributed by atoms with Gasteiger partial charge in [-0.3, -0.25) is 4.79 Å². The van der Waals surface area contributed by atoms with Crippen molar-refractivity contribution in [1.29, 1.82) is 0 Å². The molecule has 0 unspecified atom stereocenters. The number of para-hydroxylation sites is 1. The topological polar surface area (TPSA) is 95.6 Å². The van der Waals surface area contributed by atoms with Crippen LogP contribution < -0.4 is 10.3 Å². The predicted molar refractivity (Wildman–Crippen MR) is 135 cm³/mol. The third-order valence-corrected chi connectivity index (χ3v) is 4.63. The maximum Gasteiger partial charge on any atom is 0.311 e. The minimum Gasteiger partial charge on any atom is -0.397 e. The average molecular weight is 457 g/mol. The SMILES string of the molecule is CCO.CN(C)c1ccc(/C=N/NC(=O)c2nc(-c3ccccc3)n(-c3ccccc3)n2)cc1. The van der Waals surface area contributed by atoms with Crippen LogP contribution in [-0.4, -0.2) is 52.7 Å². The first kappa shape index (κ1) is 24.3. The van der Waals surface area contributed by atoms with Gasteiger partial charge in [0, 0.05) is 32.0 Å². The zero-order chi connectivity index (χ0) is 24.3. The molecular formula is C26H28N6O2. The van der Waals surface area contributed by atoms with E-state index in [1.807, 2.05) is 104 Å². The van der Waals surface area contributed by atoms with Crippen LogP contribution >= 0.6 is 0 Å². The molecule has 3 aromatic carbocycles. The number of anilines is 1. The van der Waals surface area contributed by atoms with Gasteiger partial charge in [0.25, 0.3) is 0 Å². The molecule has 1 heterocycles. The Morgan fingerprint density at radius 3 is 2.18 bits per heavy atom. The molecule has 34 heavy (non-hydrogen) atoms. The van der Waals surface area contributed by atoms with Gasteiger partial charge in [-0.1, -0.05) is 60.7 Å². The summed E-state index contributed by atoms with van der Waals surface area (Å²) >= 11 is 0. The molecule has 174 valence electrons. The van der Waals surface area contributed by atoms with Crippen LogP contribution in [0.3, 0.4) is 0 Å². The molecule has 0 aliphatic heterocycles. The number of aliphatic hydroxyl groups is 1.